The zero-order valence-corrected chi connectivity index (χ0v) is 16.5. The fourth-order valence-corrected chi connectivity index (χ4v) is 3.95. The first kappa shape index (κ1) is 20.4. The number of ether oxygens (including phenoxy) is 1. The molecule has 154 valence electrons. The number of rotatable bonds is 5. The summed E-state index contributed by atoms with van der Waals surface area (Å²) in [6, 6.07) is 7.11. The topological polar surface area (TPSA) is 164 Å². The van der Waals surface area contributed by atoms with E-state index >= 15 is 0 Å². The molecular weight excluding hydrogens is 400 g/mol. The maximum Gasteiger partial charge on any atom is 0.259 e. The van der Waals surface area contributed by atoms with Crippen molar-refractivity contribution in [1.29, 1.82) is 0 Å². The number of nitrogens with one attached hydrogen (secondary N) is 2. The highest BCUT2D eigenvalue weighted by molar-refractivity contribution is 7.89. The van der Waals surface area contributed by atoms with E-state index in [1.165, 1.54) is 0 Å². The van der Waals surface area contributed by atoms with Crippen LogP contribution in [-0.4, -0.2) is 42.4 Å². The quantitative estimate of drug-likeness (QED) is 0.537. The van der Waals surface area contributed by atoms with Crippen molar-refractivity contribution in [3.05, 3.63) is 57.4 Å². The first-order valence-electron chi connectivity index (χ1n) is 8.55. The predicted molar refractivity (Wildman–Crippen MR) is 106 cm³/mol. The molecule has 1 aliphatic heterocycles. The van der Waals surface area contributed by atoms with Crippen molar-refractivity contribution in [2.45, 2.75) is 25.1 Å². The van der Waals surface area contributed by atoms with Gasteiger partial charge in [-0.05, 0) is 25.5 Å². The van der Waals surface area contributed by atoms with Crippen molar-refractivity contribution in [3.8, 4) is 11.6 Å². The third kappa shape index (κ3) is 4.74. The first-order valence-corrected chi connectivity index (χ1v) is 10.2. The van der Waals surface area contributed by atoms with Gasteiger partial charge in [0.2, 0.25) is 0 Å². The van der Waals surface area contributed by atoms with Gasteiger partial charge in [0.25, 0.3) is 21.5 Å². The second-order valence-electron chi connectivity index (χ2n) is 7.24. The second-order valence-corrected chi connectivity index (χ2v) is 8.87. The molecule has 1 aliphatic rings. The Labute approximate surface area is 166 Å². The van der Waals surface area contributed by atoms with E-state index in [4.69, 9.17) is 10.5 Å². The van der Waals surface area contributed by atoms with E-state index in [0.717, 1.165) is 12.1 Å². The van der Waals surface area contributed by atoms with Gasteiger partial charge in [0, 0.05) is 12.1 Å². The van der Waals surface area contributed by atoms with E-state index < -0.39 is 32.9 Å². The highest BCUT2D eigenvalue weighted by atomic mass is 32.2. The number of aromatic amines is 1. The fraction of sp³-hybridized carbons (Fsp3) is 0.278. The lowest BCUT2D eigenvalue weighted by Crippen LogP contribution is -2.48. The molecule has 1 aromatic carbocycles. The van der Waals surface area contributed by atoms with Crippen LogP contribution in [0.3, 0.4) is 0 Å². The van der Waals surface area contributed by atoms with E-state index in [9.17, 15) is 23.1 Å². The van der Waals surface area contributed by atoms with Gasteiger partial charge in [-0.15, -0.1) is 4.40 Å². The molecule has 29 heavy (non-hydrogen) atoms. The van der Waals surface area contributed by atoms with Gasteiger partial charge in [-0.25, -0.2) is 8.42 Å². The average molecular weight is 420 g/mol. The number of pyridine rings is 1. The smallest absolute Gasteiger partial charge is 0.259 e. The van der Waals surface area contributed by atoms with Crippen molar-refractivity contribution in [3.63, 3.8) is 0 Å². The number of H-pyrrole nitrogens is 1. The number of amidine groups is 1. The Morgan fingerprint density at radius 1 is 1.38 bits per heavy atom. The minimum atomic E-state index is -3.66. The monoisotopic (exact) mass is 420 g/mol. The zero-order valence-electron chi connectivity index (χ0n) is 15.7. The van der Waals surface area contributed by atoms with Crippen LogP contribution in [0, 0.1) is 0 Å². The third-order valence-corrected chi connectivity index (χ3v) is 5.23. The summed E-state index contributed by atoms with van der Waals surface area (Å²) in [5.74, 6) is -1.07. The predicted octanol–water partition coefficient (Wildman–Crippen LogP) is 0.217. The number of aromatic nitrogens is 1. The van der Waals surface area contributed by atoms with Crippen LogP contribution < -0.4 is 21.3 Å². The molecule has 0 atom stereocenters. The number of fused-ring (bicyclic) bond motifs is 1. The summed E-state index contributed by atoms with van der Waals surface area (Å²) in [7, 11) is -3.66. The van der Waals surface area contributed by atoms with E-state index in [1.807, 2.05) is 0 Å². The van der Waals surface area contributed by atoms with Gasteiger partial charge in [0.15, 0.2) is 5.88 Å². The normalized spacial score (nSPS) is 15.2. The van der Waals surface area contributed by atoms with Gasteiger partial charge in [0.05, 0.1) is 22.4 Å². The number of sulfonamides is 1. The molecule has 0 fully saturated rings. The Kier molecular flexibility index (Phi) is 5.09. The summed E-state index contributed by atoms with van der Waals surface area (Å²) in [5, 5.41) is 12.2. The molecule has 2 aromatic rings. The molecule has 0 radical (unpaired) electrons. The van der Waals surface area contributed by atoms with Gasteiger partial charge in [-0.1, -0.05) is 12.1 Å². The SMILES string of the molecule is CC(C)(COc1cccc2c1C(N)=NS(=O)(=O)C2)NC(=O)c1cc(O)[nH]c(=O)c1. The number of carbonyl (C=O) groups excluding carboxylic acids is 1. The summed E-state index contributed by atoms with van der Waals surface area (Å²) in [6.07, 6.45) is 0. The van der Waals surface area contributed by atoms with Crippen molar-refractivity contribution in [1.82, 2.24) is 10.3 Å². The lowest BCUT2D eigenvalue weighted by Gasteiger charge is -2.27. The van der Waals surface area contributed by atoms with Gasteiger partial charge < -0.3 is 20.9 Å². The molecule has 0 bridgehead atoms. The third-order valence-electron chi connectivity index (χ3n) is 4.08. The Morgan fingerprint density at radius 3 is 2.79 bits per heavy atom. The molecule has 0 aliphatic carbocycles. The number of amides is 1. The van der Waals surface area contributed by atoms with Crippen molar-refractivity contribution in [2.75, 3.05) is 6.61 Å². The highest BCUT2D eigenvalue weighted by Crippen LogP contribution is 2.28. The molecule has 10 nitrogen and oxygen atoms in total. The van der Waals surface area contributed by atoms with Crippen molar-refractivity contribution in [2.24, 2.45) is 10.1 Å². The first-order chi connectivity index (χ1) is 13.5. The summed E-state index contributed by atoms with van der Waals surface area (Å²) in [6.45, 7) is 3.43. The van der Waals surface area contributed by atoms with Gasteiger partial charge in [0.1, 0.15) is 18.2 Å². The highest BCUT2D eigenvalue weighted by Gasteiger charge is 2.27. The Hall–Kier alpha value is -3.34. The van der Waals surface area contributed by atoms with E-state index in [0.29, 0.717) is 16.9 Å². The molecule has 2 heterocycles. The molecule has 0 unspecified atom stereocenters. The minimum Gasteiger partial charge on any atom is -0.494 e. The van der Waals surface area contributed by atoms with Gasteiger partial charge in [-0.3, -0.25) is 14.6 Å². The van der Waals surface area contributed by atoms with Gasteiger partial charge >= 0.3 is 0 Å². The molecule has 3 rings (SSSR count). The molecule has 11 heteroatoms. The lowest BCUT2D eigenvalue weighted by molar-refractivity contribution is 0.0880. The van der Waals surface area contributed by atoms with Gasteiger partial charge in [-0.2, -0.15) is 0 Å². The number of nitrogens with zero attached hydrogens (tertiary/aromatic N) is 1. The molecule has 0 saturated carbocycles. The summed E-state index contributed by atoms with van der Waals surface area (Å²) in [5.41, 5.74) is 5.22. The molecule has 5 N–H and O–H groups in total. The van der Waals surface area contributed by atoms with Crippen LogP contribution in [0.4, 0.5) is 0 Å². The number of nitrogens with two attached hydrogens (primary N) is 1. The number of benzene rings is 1. The molecule has 0 saturated heterocycles. The average Bonchev–Trinajstić information content (AvgIpc) is 2.57. The van der Waals surface area contributed by atoms with E-state index in [1.54, 1.807) is 32.0 Å². The Bertz CT molecular complexity index is 1170. The molecule has 0 spiro atoms. The molecule has 1 aromatic heterocycles. The Balaban J connectivity index is 1.76. The van der Waals surface area contributed by atoms with E-state index in [2.05, 4.69) is 14.7 Å². The standard InChI is InChI=1S/C18H20N4O6S/c1-18(2,21-17(25)11-6-13(23)20-14(24)7-11)9-28-12-5-3-4-10-8-29(26,27)22-16(19)15(10)12/h3-7H,8-9H2,1-2H3,(H2,19,22)(H,21,25)(H2,20,23,24). The summed E-state index contributed by atoms with van der Waals surface area (Å²) >= 11 is 0. The minimum absolute atomic E-state index is 0.00185. The van der Waals surface area contributed by atoms with Crippen molar-refractivity contribution >= 4 is 21.8 Å². The summed E-state index contributed by atoms with van der Waals surface area (Å²) < 4.78 is 32.8. The van der Waals surface area contributed by atoms with Crippen LogP contribution in [0.1, 0.15) is 35.3 Å². The number of carbonyl (C=O) groups is 1. The van der Waals surface area contributed by atoms with Crippen molar-refractivity contribution < 1.29 is 23.1 Å². The molecular formula is C18H20N4O6S. The number of aromatic hydroxyl groups is 1. The second kappa shape index (κ2) is 7.24. The molecule has 1 amide bonds. The zero-order chi connectivity index (χ0) is 21.4. The Morgan fingerprint density at radius 2 is 2.10 bits per heavy atom. The van der Waals surface area contributed by atoms with Crippen LogP contribution >= 0.6 is 0 Å². The van der Waals surface area contributed by atoms with Crippen LogP contribution in [0.15, 0.2) is 39.5 Å². The largest absolute Gasteiger partial charge is 0.494 e. The van der Waals surface area contributed by atoms with E-state index in [-0.39, 0.29) is 23.8 Å². The van der Waals surface area contributed by atoms with Crippen LogP contribution in [0.5, 0.6) is 11.6 Å². The van der Waals surface area contributed by atoms with Crippen LogP contribution in [0.25, 0.3) is 0 Å². The number of hydrogen-bond acceptors (Lipinski definition) is 7. The maximum absolute atomic E-state index is 12.4. The summed E-state index contributed by atoms with van der Waals surface area (Å²) in [4.78, 5) is 26.0. The number of hydrogen-bond donors (Lipinski definition) is 4. The lowest BCUT2D eigenvalue weighted by atomic mass is 10.0. The fourth-order valence-electron chi connectivity index (χ4n) is 2.87. The van der Waals surface area contributed by atoms with Crippen LogP contribution in [-0.2, 0) is 15.8 Å². The maximum atomic E-state index is 12.4. The van der Waals surface area contributed by atoms with Crippen LogP contribution in [0.2, 0.25) is 0 Å².